The molecular formula is C16H23N3S. The van der Waals surface area contributed by atoms with Crippen LogP contribution < -0.4 is 5.32 Å². The highest BCUT2D eigenvalue weighted by molar-refractivity contribution is 7.11. The zero-order valence-corrected chi connectivity index (χ0v) is 13.4. The van der Waals surface area contributed by atoms with E-state index in [1.165, 1.54) is 39.5 Å². The molecule has 0 spiro atoms. The topological polar surface area (TPSA) is 29.9 Å². The molecule has 0 unspecified atom stereocenters. The molecule has 3 rings (SSSR count). The lowest BCUT2D eigenvalue weighted by Crippen LogP contribution is -2.16. The highest BCUT2D eigenvalue weighted by atomic mass is 32.1. The van der Waals surface area contributed by atoms with Gasteiger partial charge in [0, 0.05) is 33.6 Å². The van der Waals surface area contributed by atoms with Crippen molar-refractivity contribution in [2.24, 2.45) is 0 Å². The molecule has 0 saturated heterocycles. The molecule has 20 heavy (non-hydrogen) atoms. The van der Waals surface area contributed by atoms with Crippen molar-refractivity contribution in [3.63, 3.8) is 0 Å². The van der Waals surface area contributed by atoms with Crippen LogP contribution in [0.3, 0.4) is 0 Å². The van der Waals surface area contributed by atoms with E-state index in [0.717, 1.165) is 25.6 Å². The molecule has 0 radical (unpaired) electrons. The summed E-state index contributed by atoms with van der Waals surface area (Å²) in [5, 5.41) is 8.32. The molecule has 1 aliphatic carbocycles. The minimum Gasteiger partial charge on any atom is -0.310 e. The molecule has 2 aromatic heterocycles. The van der Waals surface area contributed by atoms with Gasteiger partial charge >= 0.3 is 0 Å². The van der Waals surface area contributed by atoms with Gasteiger partial charge in [-0.25, -0.2) is 0 Å². The summed E-state index contributed by atoms with van der Waals surface area (Å²) >= 11 is 1.90. The summed E-state index contributed by atoms with van der Waals surface area (Å²) in [5.41, 5.74) is 3.86. The molecule has 1 saturated carbocycles. The van der Waals surface area contributed by atoms with Gasteiger partial charge in [-0.3, -0.25) is 4.68 Å². The maximum absolute atomic E-state index is 4.72. The average Bonchev–Trinajstić information content (AvgIpc) is 3.09. The van der Waals surface area contributed by atoms with Gasteiger partial charge in [0.05, 0.1) is 12.2 Å². The Balaban J connectivity index is 1.73. The normalized spacial score (nSPS) is 14.9. The Labute approximate surface area is 125 Å². The Kier molecular flexibility index (Phi) is 3.94. The molecule has 2 heterocycles. The number of hydrogen-bond donors (Lipinski definition) is 1. The summed E-state index contributed by atoms with van der Waals surface area (Å²) in [7, 11) is 0. The van der Waals surface area contributed by atoms with E-state index in [-0.39, 0.29) is 0 Å². The Morgan fingerprint density at radius 3 is 2.70 bits per heavy atom. The lowest BCUT2D eigenvalue weighted by molar-refractivity contribution is 0.657. The Bertz CT molecular complexity index is 593. The van der Waals surface area contributed by atoms with Gasteiger partial charge in [0.15, 0.2) is 0 Å². The first-order valence-electron chi connectivity index (χ1n) is 7.51. The van der Waals surface area contributed by atoms with Gasteiger partial charge in [-0.2, -0.15) is 5.10 Å². The Morgan fingerprint density at radius 1 is 1.30 bits per heavy atom. The second kappa shape index (κ2) is 5.70. The third kappa shape index (κ3) is 2.96. The van der Waals surface area contributed by atoms with E-state index in [2.05, 4.69) is 42.9 Å². The van der Waals surface area contributed by atoms with Crippen molar-refractivity contribution in [3.8, 4) is 0 Å². The second-order valence-corrected chi connectivity index (χ2v) is 6.94. The number of aromatic nitrogens is 2. The number of aryl methyl sites for hydroxylation is 2. The van der Waals surface area contributed by atoms with Gasteiger partial charge in [0.2, 0.25) is 0 Å². The first-order chi connectivity index (χ1) is 9.67. The number of hydrogen-bond acceptors (Lipinski definition) is 3. The van der Waals surface area contributed by atoms with Crippen molar-refractivity contribution in [2.45, 2.75) is 59.2 Å². The smallest absolute Gasteiger partial charge is 0.0755 e. The first-order valence-corrected chi connectivity index (χ1v) is 8.33. The fourth-order valence-electron chi connectivity index (χ4n) is 2.52. The molecule has 3 nitrogen and oxygen atoms in total. The van der Waals surface area contributed by atoms with Gasteiger partial charge in [0.1, 0.15) is 0 Å². The van der Waals surface area contributed by atoms with Crippen molar-refractivity contribution in [1.82, 2.24) is 15.1 Å². The molecular weight excluding hydrogens is 266 g/mol. The molecule has 1 N–H and O–H groups in total. The molecule has 4 heteroatoms. The molecule has 0 amide bonds. The maximum Gasteiger partial charge on any atom is 0.0755 e. The number of nitrogens with zero attached hydrogens (tertiary/aromatic N) is 2. The molecule has 2 aromatic rings. The summed E-state index contributed by atoms with van der Waals surface area (Å²) < 4.78 is 2.16. The summed E-state index contributed by atoms with van der Waals surface area (Å²) in [6.45, 7) is 8.39. The van der Waals surface area contributed by atoms with Crippen LogP contribution in [0.4, 0.5) is 0 Å². The van der Waals surface area contributed by atoms with Crippen LogP contribution in [0.15, 0.2) is 12.1 Å². The first kappa shape index (κ1) is 13.8. The maximum atomic E-state index is 4.72. The minimum absolute atomic E-state index is 0.751. The zero-order chi connectivity index (χ0) is 14.1. The van der Waals surface area contributed by atoms with E-state index in [4.69, 9.17) is 5.10 Å². The van der Waals surface area contributed by atoms with E-state index in [1.807, 2.05) is 11.3 Å². The van der Waals surface area contributed by atoms with E-state index in [1.54, 1.807) is 0 Å². The molecule has 1 aliphatic rings. The van der Waals surface area contributed by atoms with Crippen LogP contribution in [-0.2, 0) is 19.5 Å². The highest BCUT2D eigenvalue weighted by Gasteiger charge is 2.21. The number of thiophene rings is 1. The van der Waals surface area contributed by atoms with E-state index in [9.17, 15) is 0 Å². The summed E-state index contributed by atoms with van der Waals surface area (Å²) in [6.07, 6.45) is 3.79. The number of rotatable bonds is 6. The van der Waals surface area contributed by atoms with Crippen LogP contribution in [-0.4, -0.2) is 15.8 Å². The van der Waals surface area contributed by atoms with Gasteiger partial charge in [-0.15, -0.1) is 11.3 Å². The standard InChI is InChI=1S/C16H23N3S/c1-4-14-7-8-15(20-14)10-19-12(3)16(11(2)18-19)9-17-13-5-6-13/h7-8,13,17H,4-6,9-10H2,1-3H3. The molecule has 0 atom stereocenters. The van der Waals surface area contributed by atoms with Gasteiger partial charge in [-0.05, 0) is 45.2 Å². The van der Waals surface area contributed by atoms with Crippen molar-refractivity contribution >= 4 is 11.3 Å². The molecule has 108 valence electrons. The van der Waals surface area contributed by atoms with Crippen LogP contribution >= 0.6 is 11.3 Å². The van der Waals surface area contributed by atoms with E-state index >= 15 is 0 Å². The Morgan fingerprint density at radius 2 is 2.05 bits per heavy atom. The average molecular weight is 289 g/mol. The minimum atomic E-state index is 0.751. The third-order valence-electron chi connectivity index (χ3n) is 4.05. The van der Waals surface area contributed by atoms with Crippen molar-refractivity contribution in [2.75, 3.05) is 0 Å². The van der Waals surface area contributed by atoms with Crippen molar-refractivity contribution in [1.29, 1.82) is 0 Å². The largest absolute Gasteiger partial charge is 0.310 e. The predicted molar refractivity (Wildman–Crippen MR) is 84.4 cm³/mol. The zero-order valence-electron chi connectivity index (χ0n) is 12.6. The predicted octanol–water partition coefficient (Wildman–Crippen LogP) is 3.42. The Hall–Kier alpha value is -1.13. The molecule has 0 aliphatic heterocycles. The van der Waals surface area contributed by atoms with Crippen LogP contribution in [0.1, 0.15) is 46.5 Å². The quantitative estimate of drug-likeness (QED) is 0.883. The summed E-state index contributed by atoms with van der Waals surface area (Å²) in [4.78, 5) is 2.85. The lowest BCUT2D eigenvalue weighted by Gasteiger charge is -2.05. The van der Waals surface area contributed by atoms with Crippen LogP contribution in [0, 0.1) is 13.8 Å². The van der Waals surface area contributed by atoms with E-state index in [0.29, 0.717) is 0 Å². The van der Waals surface area contributed by atoms with E-state index < -0.39 is 0 Å². The summed E-state index contributed by atoms with van der Waals surface area (Å²) in [6, 6.07) is 5.23. The van der Waals surface area contributed by atoms with Crippen molar-refractivity contribution < 1.29 is 0 Å². The monoisotopic (exact) mass is 289 g/mol. The van der Waals surface area contributed by atoms with Gasteiger partial charge in [-0.1, -0.05) is 6.92 Å². The second-order valence-electron chi connectivity index (χ2n) is 5.68. The highest BCUT2D eigenvalue weighted by Crippen LogP contribution is 2.22. The molecule has 0 aromatic carbocycles. The van der Waals surface area contributed by atoms with Crippen molar-refractivity contribution in [3.05, 3.63) is 38.8 Å². The fourth-order valence-corrected chi connectivity index (χ4v) is 3.46. The number of nitrogens with one attached hydrogen (secondary N) is 1. The lowest BCUT2D eigenvalue weighted by atomic mass is 10.2. The van der Waals surface area contributed by atoms with Crippen LogP contribution in [0.2, 0.25) is 0 Å². The van der Waals surface area contributed by atoms with Crippen LogP contribution in [0.5, 0.6) is 0 Å². The molecule has 1 fully saturated rings. The van der Waals surface area contributed by atoms with Gasteiger partial charge in [0.25, 0.3) is 0 Å². The third-order valence-corrected chi connectivity index (χ3v) is 5.26. The fraction of sp³-hybridized carbons (Fsp3) is 0.562. The molecule has 0 bridgehead atoms. The SMILES string of the molecule is CCc1ccc(Cn2nc(C)c(CNC3CC3)c2C)s1. The van der Waals surface area contributed by atoms with Gasteiger partial charge < -0.3 is 5.32 Å². The summed E-state index contributed by atoms with van der Waals surface area (Å²) in [5.74, 6) is 0. The van der Waals surface area contributed by atoms with Crippen LogP contribution in [0.25, 0.3) is 0 Å².